The molecule has 2 aromatic carbocycles. The van der Waals surface area contributed by atoms with E-state index in [4.69, 9.17) is 9.47 Å². The summed E-state index contributed by atoms with van der Waals surface area (Å²) in [5.74, 6) is 0.616. The van der Waals surface area contributed by atoms with Gasteiger partial charge in [0.1, 0.15) is 5.75 Å². The van der Waals surface area contributed by atoms with E-state index in [1.807, 2.05) is 12.1 Å². The van der Waals surface area contributed by atoms with Crippen molar-refractivity contribution in [2.75, 3.05) is 45.3 Å². The first-order chi connectivity index (χ1) is 13.0. The third-order valence-electron chi connectivity index (χ3n) is 4.33. The number of morpholine rings is 1. The number of hydrogen-bond donors (Lipinski definition) is 1. The number of nitrogens with zero attached hydrogens (tertiary/aromatic N) is 1. The Bertz CT molecular complexity index is 873. The highest BCUT2D eigenvalue weighted by Crippen LogP contribution is 2.18. The molecule has 0 amide bonds. The lowest BCUT2D eigenvalue weighted by Gasteiger charge is -2.26. The van der Waals surface area contributed by atoms with Crippen LogP contribution in [0.3, 0.4) is 0 Å². The van der Waals surface area contributed by atoms with Crippen LogP contribution in [0.2, 0.25) is 0 Å². The van der Waals surface area contributed by atoms with E-state index in [2.05, 4.69) is 5.32 Å². The summed E-state index contributed by atoms with van der Waals surface area (Å²) in [7, 11) is -1.96. The molecule has 0 unspecified atom stereocenters. The van der Waals surface area contributed by atoms with Gasteiger partial charge in [-0.25, -0.2) is 8.42 Å². The zero-order chi connectivity index (χ0) is 19.3. The number of methoxy groups -OCH3 is 1. The molecule has 144 valence electrons. The molecule has 8 heteroatoms. The van der Waals surface area contributed by atoms with Crippen molar-refractivity contribution < 1.29 is 22.7 Å². The summed E-state index contributed by atoms with van der Waals surface area (Å²) >= 11 is 0. The van der Waals surface area contributed by atoms with Gasteiger partial charge in [0, 0.05) is 24.3 Å². The molecule has 1 saturated heterocycles. The van der Waals surface area contributed by atoms with Crippen LogP contribution in [0, 0.1) is 0 Å². The number of anilines is 1. The maximum atomic E-state index is 12.6. The van der Waals surface area contributed by atoms with Crippen molar-refractivity contribution in [2.45, 2.75) is 4.90 Å². The van der Waals surface area contributed by atoms with Crippen LogP contribution in [0.5, 0.6) is 5.75 Å². The van der Waals surface area contributed by atoms with Crippen molar-refractivity contribution in [3.05, 3.63) is 54.1 Å². The molecule has 1 N–H and O–H groups in total. The second-order valence-electron chi connectivity index (χ2n) is 6.05. The maximum absolute atomic E-state index is 12.6. The predicted molar refractivity (Wildman–Crippen MR) is 102 cm³/mol. The van der Waals surface area contributed by atoms with Crippen LogP contribution in [0.15, 0.2) is 53.4 Å². The summed E-state index contributed by atoms with van der Waals surface area (Å²) in [4.78, 5) is 12.5. The summed E-state index contributed by atoms with van der Waals surface area (Å²) in [6.45, 7) is 1.59. The van der Waals surface area contributed by atoms with Gasteiger partial charge in [-0.2, -0.15) is 4.31 Å². The first kappa shape index (κ1) is 19.3. The van der Waals surface area contributed by atoms with Crippen molar-refractivity contribution >= 4 is 21.5 Å². The third-order valence-corrected chi connectivity index (χ3v) is 6.24. The van der Waals surface area contributed by atoms with Crippen molar-refractivity contribution in [3.8, 4) is 5.75 Å². The third kappa shape index (κ3) is 4.65. The van der Waals surface area contributed by atoms with E-state index in [9.17, 15) is 13.2 Å². The highest BCUT2D eigenvalue weighted by Gasteiger charge is 2.26. The number of carbonyl (C=O) groups is 1. The van der Waals surface area contributed by atoms with E-state index in [0.717, 1.165) is 11.4 Å². The molecule has 0 atom stereocenters. The molecule has 7 nitrogen and oxygen atoms in total. The molecule has 2 aromatic rings. The van der Waals surface area contributed by atoms with Crippen LogP contribution >= 0.6 is 0 Å². The van der Waals surface area contributed by atoms with Gasteiger partial charge in [0.15, 0.2) is 5.78 Å². The Labute approximate surface area is 158 Å². The predicted octanol–water partition coefficient (Wildman–Crippen LogP) is 2.01. The minimum atomic E-state index is -3.55. The van der Waals surface area contributed by atoms with Gasteiger partial charge in [0.05, 0.1) is 31.8 Å². The van der Waals surface area contributed by atoms with E-state index in [1.165, 1.54) is 16.4 Å². The van der Waals surface area contributed by atoms with Crippen LogP contribution in [0.4, 0.5) is 5.69 Å². The second-order valence-corrected chi connectivity index (χ2v) is 7.98. The number of ketones is 1. The van der Waals surface area contributed by atoms with E-state index < -0.39 is 10.0 Å². The van der Waals surface area contributed by atoms with Gasteiger partial charge < -0.3 is 14.8 Å². The average molecular weight is 390 g/mol. The first-order valence-corrected chi connectivity index (χ1v) is 10.0. The van der Waals surface area contributed by atoms with Gasteiger partial charge in [-0.15, -0.1) is 0 Å². The molecule has 1 fully saturated rings. The fourth-order valence-corrected chi connectivity index (χ4v) is 4.15. The molecular weight excluding hydrogens is 368 g/mol. The normalized spacial score (nSPS) is 15.3. The van der Waals surface area contributed by atoms with Crippen LogP contribution in [-0.4, -0.2) is 58.5 Å². The smallest absolute Gasteiger partial charge is 0.243 e. The Kier molecular flexibility index (Phi) is 6.10. The van der Waals surface area contributed by atoms with Gasteiger partial charge in [-0.05, 0) is 48.5 Å². The fourth-order valence-electron chi connectivity index (χ4n) is 2.74. The lowest BCUT2D eigenvalue weighted by Crippen LogP contribution is -2.40. The molecule has 0 saturated carbocycles. The number of benzene rings is 2. The van der Waals surface area contributed by atoms with Gasteiger partial charge in [-0.3, -0.25) is 4.79 Å². The minimum absolute atomic E-state index is 0.113. The van der Waals surface area contributed by atoms with Crippen molar-refractivity contribution in [2.24, 2.45) is 0 Å². The van der Waals surface area contributed by atoms with E-state index >= 15 is 0 Å². The molecule has 3 rings (SSSR count). The molecule has 1 aliphatic rings. The lowest BCUT2D eigenvalue weighted by molar-refractivity contribution is 0.0730. The standard InChI is InChI=1S/C19H22N2O5S/c1-25-17-6-4-16(5-7-17)20-14-19(22)15-2-8-18(9-3-15)27(23,24)21-10-12-26-13-11-21/h2-9,20H,10-14H2,1H3. The topological polar surface area (TPSA) is 84.9 Å². The molecule has 0 bridgehead atoms. The number of nitrogens with one attached hydrogen (secondary N) is 1. The number of carbonyl (C=O) groups excluding carboxylic acids is 1. The van der Waals surface area contributed by atoms with E-state index in [1.54, 1.807) is 31.4 Å². The Morgan fingerprint density at radius 3 is 2.30 bits per heavy atom. The Hall–Kier alpha value is -2.42. The van der Waals surface area contributed by atoms with Crippen LogP contribution in [-0.2, 0) is 14.8 Å². The molecular formula is C19H22N2O5S. The Morgan fingerprint density at radius 1 is 1.07 bits per heavy atom. The number of ether oxygens (including phenoxy) is 2. The van der Waals surface area contributed by atoms with Gasteiger partial charge >= 0.3 is 0 Å². The van der Waals surface area contributed by atoms with Gasteiger partial charge in [0.25, 0.3) is 0 Å². The van der Waals surface area contributed by atoms with Gasteiger partial charge in [-0.1, -0.05) is 0 Å². The van der Waals surface area contributed by atoms with Crippen molar-refractivity contribution in [1.82, 2.24) is 4.31 Å². The average Bonchev–Trinajstić information content (AvgIpc) is 2.73. The number of rotatable bonds is 7. The number of sulfonamides is 1. The highest BCUT2D eigenvalue weighted by atomic mass is 32.2. The SMILES string of the molecule is COc1ccc(NCC(=O)c2ccc(S(=O)(=O)N3CCOCC3)cc2)cc1. The lowest BCUT2D eigenvalue weighted by atomic mass is 10.1. The van der Waals surface area contributed by atoms with Crippen LogP contribution < -0.4 is 10.1 Å². The zero-order valence-corrected chi connectivity index (χ0v) is 15.9. The molecule has 1 heterocycles. The fraction of sp³-hybridized carbons (Fsp3) is 0.316. The summed E-state index contributed by atoms with van der Waals surface area (Å²) in [6.07, 6.45) is 0. The van der Waals surface area contributed by atoms with E-state index in [0.29, 0.717) is 31.9 Å². The minimum Gasteiger partial charge on any atom is -0.497 e. The van der Waals surface area contributed by atoms with Crippen molar-refractivity contribution in [1.29, 1.82) is 0 Å². The maximum Gasteiger partial charge on any atom is 0.243 e. The monoisotopic (exact) mass is 390 g/mol. The summed E-state index contributed by atoms with van der Waals surface area (Å²) in [6, 6.07) is 13.3. The van der Waals surface area contributed by atoms with Crippen LogP contribution in [0.25, 0.3) is 0 Å². The molecule has 0 aromatic heterocycles. The number of Topliss-reactive ketones (excluding diaryl/α,β-unsaturated/α-hetero) is 1. The van der Waals surface area contributed by atoms with Crippen molar-refractivity contribution in [3.63, 3.8) is 0 Å². The first-order valence-electron chi connectivity index (χ1n) is 8.60. The molecule has 1 aliphatic heterocycles. The quantitative estimate of drug-likeness (QED) is 0.728. The Balaban J connectivity index is 1.62. The largest absolute Gasteiger partial charge is 0.497 e. The summed E-state index contributed by atoms with van der Waals surface area (Å²) < 4.78 is 36.9. The molecule has 0 spiro atoms. The summed E-state index contributed by atoms with van der Waals surface area (Å²) in [5.41, 5.74) is 1.26. The van der Waals surface area contributed by atoms with Gasteiger partial charge in [0.2, 0.25) is 10.0 Å². The number of hydrogen-bond acceptors (Lipinski definition) is 6. The summed E-state index contributed by atoms with van der Waals surface area (Å²) in [5, 5.41) is 3.05. The highest BCUT2D eigenvalue weighted by molar-refractivity contribution is 7.89. The Morgan fingerprint density at radius 2 is 1.70 bits per heavy atom. The molecule has 0 radical (unpaired) electrons. The zero-order valence-electron chi connectivity index (χ0n) is 15.1. The second kappa shape index (κ2) is 8.51. The molecule has 0 aliphatic carbocycles. The van der Waals surface area contributed by atoms with E-state index in [-0.39, 0.29) is 17.2 Å². The van der Waals surface area contributed by atoms with Crippen LogP contribution in [0.1, 0.15) is 10.4 Å². The molecule has 27 heavy (non-hydrogen) atoms.